The molecule has 0 bridgehead atoms. The van der Waals surface area contributed by atoms with Crippen molar-refractivity contribution in [2.45, 2.75) is 6.92 Å². The summed E-state index contributed by atoms with van der Waals surface area (Å²) in [5.41, 5.74) is 1.32. The minimum absolute atomic E-state index is 0.380. The second-order valence-corrected chi connectivity index (χ2v) is 5.68. The lowest BCUT2D eigenvalue weighted by atomic mass is 10.2. The number of aryl methyl sites for hydroxylation is 1. The van der Waals surface area contributed by atoms with Crippen LogP contribution < -0.4 is 0 Å². The van der Waals surface area contributed by atoms with Gasteiger partial charge in [-0.2, -0.15) is 0 Å². The van der Waals surface area contributed by atoms with Gasteiger partial charge < -0.3 is 0 Å². The summed E-state index contributed by atoms with van der Waals surface area (Å²) in [6, 6.07) is 10.3. The molecule has 1 rings (SSSR count). The molecule has 0 fully saturated rings. The molecule has 0 aliphatic rings. The summed E-state index contributed by atoms with van der Waals surface area (Å²) in [5.74, 6) is 0. The van der Waals surface area contributed by atoms with Gasteiger partial charge in [0, 0.05) is 0 Å². The largest absolute Gasteiger partial charge is 0.116 e. The highest BCUT2D eigenvalue weighted by atomic mass is 31.1. The average molecular weight is 168 g/mol. The highest BCUT2D eigenvalue weighted by Gasteiger charge is 1.72. The molecule has 0 aliphatic carbocycles. The molecule has 0 amide bonds. The quantitative estimate of drug-likeness (QED) is 0.521. The smallest absolute Gasteiger partial charge is 0.0398 e. The zero-order chi connectivity index (χ0) is 8.69. The first kappa shape index (κ1) is 10.7. The van der Waals surface area contributed by atoms with Crippen LogP contribution in [0, 0.1) is 6.92 Å². The fraction of sp³-hybridized carbons (Fsp3) is 0.400. The predicted molar refractivity (Wildman–Crippen MR) is 55.9 cm³/mol. The van der Waals surface area contributed by atoms with E-state index >= 15 is 0 Å². The molecule has 0 saturated carbocycles. The summed E-state index contributed by atoms with van der Waals surface area (Å²) >= 11 is 0. The molecule has 0 aromatic heterocycles. The van der Waals surface area contributed by atoms with Crippen molar-refractivity contribution in [1.29, 1.82) is 0 Å². The van der Waals surface area contributed by atoms with Gasteiger partial charge in [-0.15, -0.1) is 7.92 Å². The van der Waals surface area contributed by atoms with Crippen molar-refractivity contribution < 1.29 is 0 Å². The molecule has 0 radical (unpaired) electrons. The Bertz CT molecular complexity index is 165. The second-order valence-electron chi connectivity index (χ2n) is 3.00. The molecule has 0 nitrogen and oxygen atoms in total. The van der Waals surface area contributed by atoms with Crippen LogP contribution in [0.4, 0.5) is 0 Å². The zero-order valence-corrected chi connectivity index (χ0v) is 8.73. The minimum Gasteiger partial charge on any atom is -0.116 e. The Kier molecular flexibility index (Phi) is 6.16. The second kappa shape index (κ2) is 6.37. The maximum absolute atomic E-state index is 2.23. The van der Waals surface area contributed by atoms with Gasteiger partial charge in [0.2, 0.25) is 0 Å². The molecular weight excluding hydrogens is 151 g/mol. The van der Waals surface area contributed by atoms with Crippen LogP contribution in [0.5, 0.6) is 0 Å². The van der Waals surface area contributed by atoms with Gasteiger partial charge in [-0.25, -0.2) is 0 Å². The third kappa shape index (κ3) is 9.65. The lowest BCUT2D eigenvalue weighted by molar-refractivity contribution is 1.48. The molecule has 0 unspecified atom stereocenters. The van der Waals surface area contributed by atoms with Crippen LogP contribution in [-0.4, -0.2) is 20.0 Å². The van der Waals surface area contributed by atoms with Crippen molar-refractivity contribution in [3.05, 3.63) is 35.9 Å². The molecule has 0 spiro atoms. The first-order chi connectivity index (χ1) is 5.13. The molecule has 0 atom stereocenters. The summed E-state index contributed by atoms with van der Waals surface area (Å²) in [6.45, 7) is 8.78. The van der Waals surface area contributed by atoms with E-state index in [4.69, 9.17) is 0 Å². The van der Waals surface area contributed by atoms with E-state index in [9.17, 15) is 0 Å². The van der Waals surface area contributed by atoms with Gasteiger partial charge in [0.25, 0.3) is 0 Å². The normalized spacial score (nSPS) is 8.82. The first-order valence-electron chi connectivity index (χ1n) is 3.75. The summed E-state index contributed by atoms with van der Waals surface area (Å²) in [4.78, 5) is 0. The Morgan fingerprint density at radius 2 is 1.27 bits per heavy atom. The van der Waals surface area contributed by atoms with Gasteiger partial charge in [-0.1, -0.05) is 35.9 Å². The molecule has 0 saturated heterocycles. The van der Waals surface area contributed by atoms with E-state index in [1.807, 2.05) is 18.2 Å². The van der Waals surface area contributed by atoms with Gasteiger partial charge in [0.1, 0.15) is 0 Å². The summed E-state index contributed by atoms with van der Waals surface area (Å²) in [6.07, 6.45) is 0. The van der Waals surface area contributed by atoms with Crippen molar-refractivity contribution in [2.75, 3.05) is 20.0 Å². The maximum atomic E-state index is 2.23. The van der Waals surface area contributed by atoms with E-state index in [-0.39, 0.29) is 0 Å². The van der Waals surface area contributed by atoms with Crippen molar-refractivity contribution >= 4 is 7.92 Å². The predicted octanol–water partition coefficient (Wildman–Crippen LogP) is 3.35. The van der Waals surface area contributed by atoms with Gasteiger partial charge in [0.15, 0.2) is 0 Å². The van der Waals surface area contributed by atoms with E-state index in [1.54, 1.807) is 0 Å². The highest BCUT2D eigenvalue weighted by Crippen LogP contribution is 2.14. The Morgan fingerprint density at radius 1 is 0.909 bits per heavy atom. The van der Waals surface area contributed by atoms with E-state index in [2.05, 4.69) is 39.1 Å². The van der Waals surface area contributed by atoms with Crippen LogP contribution in [0.1, 0.15) is 5.56 Å². The maximum Gasteiger partial charge on any atom is -0.0398 e. The average Bonchev–Trinajstić information content (AvgIpc) is 1.87. The number of benzene rings is 1. The summed E-state index contributed by atoms with van der Waals surface area (Å²) < 4.78 is 0. The molecule has 0 N–H and O–H groups in total. The standard InChI is InChI=1S/C7H8.C3H9P/c1-7-5-3-2-4-6-7;1-4(2)3/h2-6H,1H3;1-3H3. The Balaban J connectivity index is 0.000000218. The van der Waals surface area contributed by atoms with Crippen LogP contribution >= 0.6 is 7.92 Å². The fourth-order valence-corrected chi connectivity index (χ4v) is 0.534. The third-order valence-electron chi connectivity index (χ3n) is 0.940. The van der Waals surface area contributed by atoms with Gasteiger partial charge in [0.05, 0.1) is 0 Å². The first-order valence-corrected chi connectivity index (χ1v) is 6.44. The lowest BCUT2D eigenvalue weighted by Gasteiger charge is -1.82. The van der Waals surface area contributed by atoms with Crippen molar-refractivity contribution in [2.24, 2.45) is 0 Å². The van der Waals surface area contributed by atoms with E-state index in [0.29, 0.717) is 7.92 Å². The van der Waals surface area contributed by atoms with E-state index < -0.39 is 0 Å². The van der Waals surface area contributed by atoms with Crippen LogP contribution in [-0.2, 0) is 0 Å². The topological polar surface area (TPSA) is 0 Å². The molecule has 1 aromatic carbocycles. The van der Waals surface area contributed by atoms with E-state index in [1.165, 1.54) is 5.56 Å². The van der Waals surface area contributed by atoms with Gasteiger partial charge in [-0.05, 0) is 26.9 Å². The molecular formula is C10H17P. The van der Waals surface area contributed by atoms with Crippen molar-refractivity contribution in [1.82, 2.24) is 0 Å². The number of hydrogen-bond donors (Lipinski definition) is 0. The lowest BCUT2D eigenvalue weighted by Crippen LogP contribution is -1.62. The monoisotopic (exact) mass is 168 g/mol. The third-order valence-corrected chi connectivity index (χ3v) is 0.940. The van der Waals surface area contributed by atoms with Crippen LogP contribution in [0.15, 0.2) is 30.3 Å². The number of rotatable bonds is 0. The zero-order valence-electron chi connectivity index (χ0n) is 7.83. The Labute approximate surface area is 71.4 Å². The minimum atomic E-state index is 0.380. The fourth-order valence-electron chi connectivity index (χ4n) is 0.534. The SMILES string of the molecule is CP(C)C.Cc1ccccc1. The van der Waals surface area contributed by atoms with E-state index in [0.717, 1.165) is 0 Å². The highest BCUT2D eigenvalue weighted by molar-refractivity contribution is 7.55. The number of hydrogen-bond acceptors (Lipinski definition) is 0. The van der Waals surface area contributed by atoms with Crippen molar-refractivity contribution in [3.8, 4) is 0 Å². The Morgan fingerprint density at radius 3 is 1.45 bits per heavy atom. The van der Waals surface area contributed by atoms with Crippen LogP contribution in [0.3, 0.4) is 0 Å². The van der Waals surface area contributed by atoms with Crippen molar-refractivity contribution in [3.63, 3.8) is 0 Å². The van der Waals surface area contributed by atoms with Gasteiger partial charge >= 0.3 is 0 Å². The molecule has 0 aliphatic heterocycles. The molecule has 1 aromatic rings. The molecule has 0 heterocycles. The van der Waals surface area contributed by atoms with Gasteiger partial charge in [-0.3, -0.25) is 0 Å². The Hall–Kier alpha value is -0.350. The molecule has 62 valence electrons. The van der Waals surface area contributed by atoms with Crippen LogP contribution in [0.25, 0.3) is 0 Å². The summed E-state index contributed by atoms with van der Waals surface area (Å²) in [7, 11) is 0.380. The molecule has 11 heavy (non-hydrogen) atoms. The summed E-state index contributed by atoms with van der Waals surface area (Å²) in [5, 5.41) is 0. The van der Waals surface area contributed by atoms with Crippen LogP contribution in [0.2, 0.25) is 0 Å². The molecule has 1 heteroatoms.